The number of rotatable bonds is 6. The third-order valence-electron chi connectivity index (χ3n) is 5.19. The highest BCUT2D eigenvalue weighted by molar-refractivity contribution is 5.88. The van der Waals surface area contributed by atoms with Crippen LogP contribution >= 0.6 is 0 Å². The number of hydrogen-bond acceptors (Lipinski definition) is 4. The Morgan fingerprint density at radius 1 is 1.27 bits per heavy atom. The molecule has 0 radical (unpaired) electrons. The first-order chi connectivity index (χ1) is 12.5. The molecule has 0 aliphatic carbocycles. The molecule has 3 rings (SSSR count). The molecule has 0 saturated carbocycles. The van der Waals surface area contributed by atoms with Gasteiger partial charge >= 0.3 is 5.97 Å². The molecule has 0 spiro atoms. The van der Waals surface area contributed by atoms with Gasteiger partial charge in [0.05, 0.1) is 11.3 Å². The van der Waals surface area contributed by atoms with Crippen molar-refractivity contribution in [3.63, 3.8) is 0 Å². The van der Waals surface area contributed by atoms with Crippen LogP contribution in [0.5, 0.6) is 0 Å². The Kier molecular flexibility index (Phi) is 5.55. The minimum Gasteiger partial charge on any atom is -0.478 e. The first-order valence-corrected chi connectivity index (χ1v) is 9.40. The Hall–Kier alpha value is -2.43. The highest BCUT2D eigenvalue weighted by atomic mass is 16.4. The van der Waals surface area contributed by atoms with Crippen molar-refractivity contribution in [1.82, 2.24) is 9.97 Å². The summed E-state index contributed by atoms with van der Waals surface area (Å²) in [5.41, 5.74) is 3.33. The van der Waals surface area contributed by atoms with Crippen LogP contribution in [0.4, 0.5) is 5.95 Å². The van der Waals surface area contributed by atoms with Crippen LogP contribution in [0.15, 0.2) is 30.5 Å². The van der Waals surface area contributed by atoms with Crippen molar-refractivity contribution in [1.29, 1.82) is 0 Å². The second-order valence-corrected chi connectivity index (χ2v) is 7.42. The SMILES string of the molecule is CC(C)c1ccc(CCc2nc(N3CCCC3C)ncc2C(=O)O)cc1. The number of anilines is 1. The van der Waals surface area contributed by atoms with E-state index in [9.17, 15) is 9.90 Å². The maximum atomic E-state index is 11.6. The second-order valence-electron chi connectivity index (χ2n) is 7.42. The molecule has 1 unspecified atom stereocenters. The maximum absolute atomic E-state index is 11.6. The summed E-state index contributed by atoms with van der Waals surface area (Å²) in [6, 6.07) is 8.95. The van der Waals surface area contributed by atoms with E-state index in [1.54, 1.807) is 0 Å². The smallest absolute Gasteiger partial charge is 0.339 e. The molecule has 1 aliphatic heterocycles. The summed E-state index contributed by atoms with van der Waals surface area (Å²) in [5, 5.41) is 9.47. The fourth-order valence-corrected chi connectivity index (χ4v) is 3.48. The average molecular weight is 353 g/mol. The van der Waals surface area contributed by atoms with Gasteiger partial charge in [-0.1, -0.05) is 38.1 Å². The topological polar surface area (TPSA) is 66.3 Å². The van der Waals surface area contributed by atoms with Crippen LogP contribution in [0.25, 0.3) is 0 Å². The van der Waals surface area contributed by atoms with Gasteiger partial charge in [0.1, 0.15) is 0 Å². The van der Waals surface area contributed by atoms with E-state index in [0.717, 1.165) is 25.8 Å². The minimum atomic E-state index is -0.962. The maximum Gasteiger partial charge on any atom is 0.339 e. The van der Waals surface area contributed by atoms with Crippen molar-refractivity contribution in [2.24, 2.45) is 0 Å². The van der Waals surface area contributed by atoms with Gasteiger partial charge in [0, 0.05) is 18.8 Å². The molecule has 1 aromatic carbocycles. The number of aromatic carboxylic acids is 1. The molecule has 5 heteroatoms. The van der Waals surface area contributed by atoms with Gasteiger partial charge < -0.3 is 10.0 Å². The summed E-state index contributed by atoms with van der Waals surface area (Å²) in [6.07, 6.45) is 5.09. The molecule has 0 amide bonds. The van der Waals surface area contributed by atoms with E-state index in [-0.39, 0.29) is 5.56 Å². The predicted molar refractivity (Wildman–Crippen MR) is 103 cm³/mol. The molecule has 138 valence electrons. The second kappa shape index (κ2) is 7.85. The number of benzene rings is 1. The van der Waals surface area contributed by atoms with Gasteiger partial charge in [0.15, 0.2) is 0 Å². The number of hydrogen-bond donors (Lipinski definition) is 1. The zero-order valence-corrected chi connectivity index (χ0v) is 15.8. The highest BCUT2D eigenvalue weighted by Crippen LogP contribution is 2.23. The number of carboxylic acid groups (broad SMARTS) is 1. The standard InChI is InChI=1S/C21H27N3O2/c1-14(2)17-9-6-16(7-10-17)8-11-19-18(20(25)26)13-22-21(23-19)24-12-4-5-15(24)3/h6-7,9-10,13-15H,4-5,8,11-12H2,1-3H3,(H,25,26). The van der Waals surface area contributed by atoms with Crippen molar-refractivity contribution in [2.45, 2.75) is 58.4 Å². The summed E-state index contributed by atoms with van der Waals surface area (Å²) in [5.74, 6) is 0.205. The molecule has 1 fully saturated rings. The van der Waals surface area contributed by atoms with Crippen LogP contribution in [-0.2, 0) is 12.8 Å². The molecule has 1 saturated heterocycles. The normalized spacial score (nSPS) is 17.1. The molecule has 1 aliphatic rings. The fourth-order valence-electron chi connectivity index (χ4n) is 3.48. The van der Waals surface area contributed by atoms with Crippen molar-refractivity contribution < 1.29 is 9.90 Å². The van der Waals surface area contributed by atoms with Crippen LogP contribution in [0.3, 0.4) is 0 Å². The molecule has 1 N–H and O–H groups in total. The molecular formula is C21H27N3O2. The van der Waals surface area contributed by atoms with Gasteiger partial charge in [0.2, 0.25) is 5.95 Å². The molecule has 0 bridgehead atoms. The molecular weight excluding hydrogens is 326 g/mol. The third-order valence-corrected chi connectivity index (χ3v) is 5.19. The summed E-state index contributed by atoms with van der Waals surface area (Å²) in [4.78, 5) is 22.7. The Labute approximate surface area is 155 Å². The lowest BCUT2D eigenvalue weighted by atomic mass is 9.99. The van der Waals surface area contributed by atoms with E-state index >= 15 is 0 Å². The summed E-state index contributed by atoms with van der Waals surface area (Å²) < 4.78 is 0. The van der Waals surface area contributed by atoms with Gasteiger partial charge in [-0.25, -0.2) is 14.8 Å². The molecule has 2 heterocycles. The van der Waals surface area contributed by atoms with Crippen molar-refractivity contribution in [3.8, 4) is 0 Å². The van der Waals surface area contributed by atoms with Gasteiger partial charge in [-0.15, -0.1) is 0 Å². The van der Waals surface area contributed by atoms with E-state index in [1.807, 2.05) is 0 Å². The van der Waals surface area contributed by atoms with Gasteiger partial charge in [-0.05, 0) is 49.7 Å². The largest absolute Gasteiger partial charge is 0.478 e. The van der Waals surface area contributed by atoms with Crippen LogP contribution in [-0.4, -0.2) is 33.6 Å². The lowest BCUT2D eigenvalue weighted by Crippen LogP contribution is -2.29. The molecule has 1 atom stereocenters. The number of aryl methyl sites for hydroxylation is 2. The van der Waals surface area contributed by atoms with E-state index in [4.69, 9.17) is 0 Å². The van der Waals surface area contributed by atoms with E-state index in [2.05, 4.69) is 59.9 Å². The van der Waals surface area contributed by atoms with Gasteiger partial charge in [0.25, 0.3) is 0 Å². The lowest BCUT2D eigenvalue weighted by molar-refractivity contribution is 0.0694. The van der Waals surface area contributed by atoms with Crippen molar-refractivity contribution in [2.75, 3.05) is 11.4 Å². The van der Waals surface area contributed by atoms with Gasteiger partial charge in [-0.2, -0.15) is 0 Å². The first kappa shape index (κ1) is 18.4. The quantitative estimate of drug-likeness (QED) is 0.848. The van der Waals surface area contributed by atoms with Gasteiger partial charge in [-0.3, -0.25) is 0 Å². The Morgan fingerprint density at radius 2 is 2.00 bits per heavy atom. The number of aromatic nitrogens is 2. The summed E-state index contributed by atoms with van der Waals surface area (Å²) in [6.45, 7) is 7.45. The average Bonchev–Trinajstić information content (AvgIpc) is 3.06. The Morgan fingerprint density at radius 3 is 2.58 bits per heavy atom. The predicted octanol–water partition coefficient (Wildman–Crippen LogP) is 4.07. The first-order valence-electron chi connectivity index (χ1n) is 9.40. The van der Waals surface area contributed by atoms with Crippen molar-refractivity contribution in [3.05, 3.63) is 52.8 Å². The summed E-state index contributed by atoms with van der Waals surface area (Å²) >= 11 is 0. The van der Waals surface area contributed by atoms with Crippen LogP contribution in [0.2, 0.25) is 0 Å². The molecule has 5 nitrogen and oxygen atoms in total. The number of carboxylic acids is 1. The van der Waals surface area contributed by atoms with Crippen molar-refractivity contribution >= 4 is 11.9 Å². The highest BCUT2D eigenvalue weighted by Gasteiger charge is 2.24. The van der Waals surface area contributed by atoms with Crippen LogP contribution in [0, 0.1) is 0 Å². The van der Waals surface area contributed by atoms with Crippen LogP contribution < -0.4 is 4.90 Å². The molecule has 26 heavy (non-hydrogen) atoms. The van der Waals surface area contributed by atoms with E-state index < -0.39 is 5.97 Å². The monoisotopic (exact) mass is 353 g/mol. The molecule has 1 aromatic heterocycles. The minimum absolute atomic E-state index is 0.208. The van der Waals surface area contributed by atoms with E-state index in [1.165, 1.54) is 17.3 Å². The molecule has 2 aromatic rings. The Balaban J connectivity index is 1.79. The number of carbonyl (C=O) groups is 1. The zero-order valence-electron chi connectivity index (χ0n) is 15.8. The van der Waals surface area contributed by atoms with Crippen LogP contribution in [0.1, 0.15) is 66.7 Å². The fraction of sp³-hybridized carbons (Fsp3) is 0.476. The lowest BCUT2D eigenvalue weighted by Gasteiger charge is -2.22. The van der Waals surface area contributed by atoms with E-state index in [0.29, 0.717) is 30.0 Å². The zero-order chi connectivity index (χ0) is 18.7. The number of nitrogens with zero attached hydrogens (tertiary/aromatic N) is 3. The Bertz CT molecular complexity index is 771. The summed E-state index contributed by atoms with van der Waals surface area (Å²) in [7, 11) is 0. The third kappa shape index (κ3) is 4.03.